The molecule has 0 aliphatic rings. The van der Waals surface area contributed by atoms with Crippen LogP contribution in [0.5, 0.6) is 0 Å². The lowest BCUT2D eigenvalue weighted by Gasteiger charge is -2.07. The first-order chi connectivity index (χ1) is 9.81. The van der Waals surface area contributed by atoms with E-state index in [-0.39, 0.29) is 17.2 Å². The number of ether oxygens (including phenoxy) is 1. The molecule has 0 saturated carbocycles. The molecule has 1 heterocycles. The number of thiophene rings is 1. The van der Waals surface area contributed by atoms with Gasteiger partial charge in [0.05, 0.1) is 13.0 Å². The molecule has 0 amide bonds. The smallest absolute Gasteiger partial charge is 0.308 e. The molecule has 1 aromatic rings. The first kappa shape index (κ1) is 18.1. The standard InChI is InChI=1S/C13H21NO5S2/c1-10(2)5-7-19-8-6-14-21(17,18)13-4-3-11(20-13)9-12(15)16/h3-4,10,14H,5-9H2,1-2H3,(H,15,16). The van der Waals surface area contributed by atoms with Crippen LogP contribution in [0.1, 0.15) is 25.1 Å². The van der Waals surface area contributed by atoms with Crippen LogP contribution in [0.25, 0.3) is 0 Å². The number of carbonyl (C=O) groups is 1. The summed E-state index contributed by atoms with van der Waals surface area (Å²) in [5, 5.41) is 8.67. The average molecular weight is 335 g/mol. The van der Waals surface area contributed by atoms with E-state index in [0.29, 0.717) is 24.0 Å². The molecule has 0 radical (unpaired) electrons. The zero-order valence-corrected chi connectivity index (χ0v) is 13.8. The highest BCUT2D eigenvalue weighted by molar-refractivity contribution is 7.91. The van der Waals surface area contributed by atoms with Crippen molar-refractivity contribution in [3.63, 3.8) is 0 Å². The third-order valence-corrected chi connectivity index (χ3v) is 5.64. The third kappa shape index (κ3) is 7.03. The maximum Gasteiger partial charge on any atom is 0.308 e. The number of nitrogens with one attached hydrogen (secondary N) is 1. The fourth-order valence-corrected chi connectivity index (χ4v) is 3.89. The molecule has 0 bridgehead atoms. The fraction of sp³-hybridized carbons (Fsp3) is 0.615. The molecule has 0 atom stereocenters. The van der Waals surface area contributed by atoms with Crippen LogP contribution >= 0.6 is 11.3 Å². The highest BCUT2D eigenvalue weighted by atomic mass is 32.2. The van der Waals surface area contributed by atoms with Gasteiger partial charge in [0.15, 0.2) is 0 Å². The van der Waals surface area contributed by atoms with Crippen LogP contribution in [-0.4, -0.2) is 39.3 Å². The van der Waals surface area contributed by atoms with Gasteiger partial charge in [0.1, 0.15) is 4.21 Å². The molecule has 120 valence electrons. The molecule has 0 aromatic carbocycles. The molecule has 0 unspecified atom stereocenters. The molecular weight excluding hydrogens is 314 g/mol. The molecule has 2 N–H and O–H groups in total. The van der Waals surface area contributed by atoms with Crippen molar-refractivity contribution in [2.24, 2.45) is 5.92 Å². The second-order valence-electron chi connectivity index (χ2n) is 4.98. The van der Waals surface area contributed by atoms with Gasteiger partial charge in [0.25, 0.3) is 0 Å². The topological polar surface area (TPSA) is 92.7 Å². The van der Waals surface area contributed by atoms with Crippen molar-refractivity contribution in [3.05, 3.63) is 17.0 Å². The zero-order chi connectivity index (χ0) is 15.9. The lowest BCUT2D eigenvalue weighted by molar-refractivity contribution is -0.136. The fourth-order valence-electron chi connectivity index (χ4n) is 1.49. The molecule has 8 heteroatoms. The molecule has 0 fully saturated rings. The molecule has 0 spiro atoms. The Morgan fingerprint density at radius 1 is 1.38 bits per heavy atom. The van der Waals surface area contributed by atoms with E-state index in [0.717, 1.165) is 17.8 Å². The maximum atomic E-state index is 12.0. The normalized spacial score (nSPS) is 12.0. The molecule has 0 aliphatic heterocycles. The van der Waals surface area contributed by atoms with Gasteiger partial charge in [0, 0.05) is 18.0 Å². The van der Waals surface area contributed by atoms with E-state index in [4.69, 9.17) is 9.84 Å². The summed E-state index contributed by atoms with van der Waals surface area (Å²) in [5.74, 6) is -0.423. The van der Waals surface area contributed by atoms with Crippen LogP contribution in [0.2, 0.25) is 0 Å². The van der Waals surface area contributed by atoms with Crippen molar-refractivity contribution in [2.75, 3.05) is 19.8 Å². The summed E-state index contributed by atoms with van der Waals surface area (Å²) in [6, 6.07) is 2.94. The van der Waals surface area contributed by atoms with Crippen molar-refractivity contribution in [1.29, 1.82) is 0 Å². The average Bonchev–Trinajstić information content (AvgIpc) is 2.81. The van der Waals surface area contributed by atoms with Gasteiger partial charge in [-0.2, -0.15) is 0 Å². The van der Waals surface area contributed by atoms with Gasteiger partial charge in [-0.25, -0.2) is 13.1 Å². The minimum Gasteiger partial charge on any atom is -0.481 e. The van der Waals surface area contributed by atoms with E-state index in [9.17, 15) is 13.2 Å². The van der Waals surface area contributed by atoms with Gasteiger partial charge in [0.2, 0.25) is 10.0 Å². The van der Waals surface area contributed by atoms with E-state index < -0.39 is 16.0 Å². The van der Waals surface area contributed by atoms with Crippen LogP contribution in [0, 0.1) is 5.92 Å². The Morgan fingerprint density at radius 2 is 2.10 bits per heavy atom. The van der Waals surface area contributed by atoms with Gasteiger partial charge in [-0.05, 0) is 24.5 Å². The lowest BCUT2D eigenvalue weighted by Crippen LogP contribution is -2.27. The Morgan fingerprint density at radius 3 is 2.71 bits per heavy atom. The van der Waals surface area contributed by atoms with Gasteiger partial charge in [-0.3, -0.25) is 4.79 Å². The van der Waals surface area contributed by atoms with Crippen LogP contribution in [-0.2, 0) is 26.0 Å². The molecule has 21 heavy (non-hydrogen) atoms. The second kappa shape index (κ2) is 8.47. The minimum absolute atomic E-state index is 0.126. The van der Waals surface area contributed by atoms with Crippen LogP contribution < -0.4 is 4.72 Å². The van der Waals surface area contributed by atoms with Crippen molar-refractivity contribution in [2.45, 2.75) is 30.9 Å². The van der Waals surface area contributed by atoms with Crippen LogP contribution in [0.4, 0.5) is 0 Å². The van der Waals surface area contributed by atoms with Crippen LogP contribution in [0.15, 0.2) is 16.3 Å². The number of hydrogen-bond donors (Lipinski definition) is 2. The van der Waals surface area contributed by atoms with Crippen LogP contribution in [0.3, 0.4) is 0 Å². The van der Waals surface area contributed by atoms with Gasteiger partial charge in [-0.1, -0.05) is 13.8 Å². The number of carboxylic acid groups (broad SMARTS) is 1. The lowest BCUT2D eigenvalue weighted by atomic mass is 10.1. The molecule has 0 saturated heterocycles. The molecular formula is C13H21NO5S2. The highest BCUT2D eigenvalue weighted by Crippen LogP contribution is 2.21. The number of sulfonamides is 1. The minimum atomic E-state index is -3.58. The number of carboxylic acids is 1. The molecule has 0 aliphatic carbocycles. The second-order valence-corrected chi connectivity index (χ2v) is 8.15. The first-order valence-electron chi connectivity index (χ1n) is 6.69. The summed E-state index contributed by atoms with van der Waals surface area (Å²) in [5.41, 5.74) is 0. The largest absolute Gasteiger partial charge is 0.481 e. The number of aliphatic carboxylic acids is 1. The zero-order valence-electron chi connectivity index (χ0n) is 12.2. The summed E-state index contributed by atoms with van der Waals surface area (Å²) < 4.78 is 31.8. The van der Waals surface area contributed by atoms with E-state index in [1.54, 1.807) is 0 Å². The van der Waals surface area contributed by atoms with E-state index in [1.807, 2.05) is 0 Å². The summed E-state index contributed by atoms with van der Waals surface area (Å²) in [6.45, 7) is 5.32. The highest BCUT2D eigenvalue weighted by Gasteiger charge is 2.17. The monoisotopic (exact) mass is 335 g/mol. The van der Waals surface area contributed by atoms with Crippen molar-refractivity contribution >= 4 is 27.3 Å². The summed E-state index contributed by atoms with van der Waals surface area (Å²) in [7, 11) is -3.58. The molecule has 1 rings (SSSR count). The van der Waals surface area contributed by atoms with E-state index in [1.165, 1.54) is 12.1 Å². The van der Waals surface area contributed by atoms with E-state index in [2.05, 4.69) is 18.6 Å². The van der Waals surface area contributed by atoms with Crippen molar-refractivity contribution in [3.8, 4) is 0 Å². The SMILES string of the molecule is CC(C)CCOCCNS(=O)(=O)c1ccc(CC(=O)O)s1. The Bertz CT molecular complexity index is 551. The van der Waals surface area contributed by atoms with Crippen molar-refractivity contribution in [1.82, 2.24) is 4.72 Å². The summed E-state index contributed by atoms with van der Waals surface area (Å²) in [6.07, 6.45) is 0.773. The van der Waals surface area contributed by atoms with E-state index >= 15 is 0 Å². The summed E-state index contributed by atoms with van der Waals surface area (Å²) in [4.78, 5) is 11.1. The quantitative estimate of drug-likeness (QED) is 0.635. The Labute approximate surface area is 129 Å². The maximum absolute atomic E-state index is 12.0. The predicted molar refractivity (Wildman–Crippen MR) is 81.1 cm³/mol. The summed E-state index contributed by atoms with van der Waals surface area (Å²) >= 11 is 0.968. The van der Waals surface area contributed by atoms with Crippen molar-refractivity contribution < 1.29 is 23.1 Å². The van der Waals surface area contributed by atoms with Gasteiger partial charge >= 0.3 is 5.97 Å². The van der Waals surface area contributed by atoms with Gasteiger partial charge in [-0.15, -0.1) is 11.3 Å². The molecule has 6 nitrogen and oxygen atoms in total. The Balaban J connectivity index is 2.39. The molecule has 1 aromatic heterocycles. The Kier molecular flexibility index (Phi) is 7.30. The number of rotatable bonds is 10. The number of hydrogen-bond acceptors (Lipinski definition) is 5. The Hall–Kier alpha value is -0.960. The predicted octanol–water partition coefficient (Wildman–Crippen LogP) is 1.72. The first-order valence-corrected chi connectivity index (χ1v) is 8.99. The van der Waals surface area contributed by atoms with Gasteiger partial charge < -0.3 is 9.84 Å². The third-order valence-electron chi connectivity index (χ3n) is 2.61.